The first-order valence-corrected chi connectivity index (χ1v) is 7.09. The first kappa shape index (κ1) is 13.4. The second kappa shape index (κ2) is 4.69. The average molecular weight is 285 g/mol. The van der Waals surface area contributed by atoms with Gasteiger partial charge in [-0.1, -0.05) is 11.6 Å². The second-order valence-electron chi connectivity index (χ2n) is 3.20. The van der Waals surface area contributed by atoms with Gasteiger partial charge < -0.3 is 9.84 Å². The molecule has 0 aliphatic heterocycles. The Balaban J connectivity index is 3.45. The predicted octanol–water partition coefficient (Wildman–Crippen LogP) is 2.43. The standard InChI is InChI=1S/C9H10Cl2O4S/c1-5-6(4-16(11,13)14)9(15-2)8(12)3-7(5)10/h3,12H,4H2,1-2H3. The fourth-order valence-corrected chi connectivity index (χ4v) is 2.57. The number of halogens is 2. The molecule has 0 aliphatic carbocycles. The molecule has 0 fully saturated rings. The Morgan fingerprint density at radius 1 is 1.50 bits per heavy atom. The predicted molar refractivity (Wildman–Crippen MR) is 62.9 cm³/mol. The van der Waals surface area contributed by atoms with Crippen LogP contribution >= 0.6 is 22.3 Å². The Bertz CT molecular complexity index is 511. The molecule has 0 radical (unpaired) electrons. The van der Waals surface area contributed by atoms with Crippen LogP contribution in [-0.2, 0) is 14.8 Å². The fraction of sp³-hybridized carbons (Fsp3) is 0.333. The lowest BCUT2D eigenvalue weighted by Crippen LogP contribution is -2.02. The number of aromatic hydroxyl groups is 1. The van der Waals surface area contributed by atoms with E-state index in [0.717, 1.165) is 0 Å². The molecule has 0 aromatic heterocycles. The second-order valence-corrected chi connectivity index (χ2v) is 6.38. The van der Waals surface area contributed by atoms with Gasteiger partial charge in [0.15, 0.2) is 11.5 Å². The van der Waals surface area contributed by atoms with E-state index in [-0.39, 0.29) is 22.1 Å². The van der Waals surface area contributed by atoms with Crippen LogP contribution in [0.3, 0.4) is 0 Å². The largest absolute Gasteiger partial charge is 0.504 e. The molecular formula is C9H10Cl2O4S. The number of benzene rings is 1. The van der Waals surface area contributed by atoms with Crippen LogP contribution < -0.4 is 4.74 Å². The highest BCUT2D eigenvalue weighted by Crippen LogP contribution is 2.38. The minimum absolute atomic E-state index is 0.0751. The Hall–Kier alpha value is -0.650. The van der Waals surface area contributed by atoms with Crippen molar-refractivity contribution < 1.29 is 18.3 Å². The SMILES string of the molecule is COc1c(O)cc(Cl)c(C)c1CS(=O)(=O)Cl. The van der Waals surface area contributed by atoms with E-state index in [1.165, 1.54) is 13.2 Å². The summed E-state index contributed by atoms with van der Waals surface area (Å²) in [6.07, 6.45) is 0. The van der Waals surface area contributed by atoms with Gasteiger partial charge >= 0.3 is 0 Å². The zero-order valence-electron chi connectivity index (χ0n) is 8.62. The van der Waals surface area contributed by atoms with Crippen molar-refractivity contribution in [3.05, 3.63) is 22.2 Å². The molecule has 0 unspecified atom stereocenters. The number of ether oxygens (including phenoxy) is 1. The molecule has 0 heterocycles. The van der Waals surface area contributed by atoms with E-state index in [9.17, 15) is 13.5 Å². The highest BCUT2D eigenvalue weighted by atomic mass is 35.7. The summed E-state index contributed by atoms with van der Waals surface area (Å²) in [5.74, 6) is -0.586. The molecule has 90 valence electrons. The molecule has 0 atom stereocenters. The normalized spacial score (nSPS) is 11.5. The highest BCUT2D eigenvalue weighted by Gasteiger charge is 2.19. The van der Waals surface area contributed by atoms with Gasteiger partial charge in [-0.2, -0.15) is 0 Å². The summed E-state index contributed by atoms with van der Waals surface area (Å²) in [5.41, 5.74) is 0.781. The smallest absolute Gasteiger partial charge is 0.236 e. The average Bonchev–Trinajstić information content (AvgIpc) is 2.12. The summed E-state index contributed by atoms with van der Waals surface area (Å²) < 4.78 is 27.0. The number of hydrogen-bond donors (Lipinski definition) is 1. The van der Waals surface area contributed by atoms with E-state index in [1.807, 2.05) is 0 Å². The molecule has 0 spiro atoms. The first-order valence-electron chi connectivity index (χ1n) is 4.23. The molecular weight excluding hydrogens is 275 g/mol. The topological polar surface area (TPSA) is 63.6 Å². The summed E-state index contributed by atoms with van der Waals surface area (Å²) in [7, 11) is 2.75. The minimum Gasteiger partial charge on any atom is -0.504 e. The third-order valence-corrected chi connectivity index (χ3v) is 3.46. The lowest BCUT2D eigenvalue weighted by molar-refractivity contribution is 0.370. The van der Waals surface area contributed by atoms with Gasteiger partial charge in [-0.25, -0.2) is 8.42 Å². The molecule has 1 N–H and O–H groups in total. The maximum absolute atomic E-state index is 11.0. The van der Waals surface area contributed by atoms with Crippen molar-refractivity contribution in [1.29, 1.82) is 0 Å². The molecule has 7 heteroatoms. The van der Waals surface area contributed by atoms with Crippen molar-refractivity contribution in [3.63, 3.8) is 0 Å². The van der Waals surface area contributed by atoms with Gasteiger partial charge in [-0.3, -0.25) is 0 Å². The van der Waals surface area contributed by atoms with Gasteiger partial charge in [0.2, 0.25) is 9.05 Å². The lowest BCUT2D eigenvalue weighted by Gasteiger charge is -2.13. The van der Waals surface area contributed by atoms with Crippen molar-refractivity contribution in [1.82, 2.24) is 0 Å². The summed E-state index contributed by atoms with van der Waals surface area (Å²) >= 11 is 5.82. The third-order valence-electron chi connectivity index (χ3n) is 2.10. The van der Waals surface area contributed by atoms with Gasteiger partial charge in [0.1, 0.15) is 0 Å². The molecule has 0 saturated heterocycles. The minimum atomic E-state index is -3.74. The monoisotopic (exact) mass is 284 g/mol. The van der Waals surface area contributed by atoms with Crippen molar-refractivity contribution in [2.75, 3.05) is 7.11 Å². The van der Waals surface area contributed by atoms with Crippen LogP contribution in [0.4, 0.5) is 0 Å². The van der Waals surface area contributed by atoms with E-state index in [4.69, 9.17) is 27.0 Å². The van der Waals surface area contributed by atoms with Crippen LogP contribution in [0.15, 0.2) is 6.07 Å². The van der Waals surface area contributed by atoms with Gasteiger partial charge in [0, 0.05) is 27.3 Å². The number of hydrogen-bond acceptors (Lipinski definition) is 4. The quantitative estimate of drug-likeness (QED) is 0.866. The van der Waals surface area contributed by atoms with Crippen LogP contribution in [0, 0.1) is 6.92 Å². The number of rotatable bonds is 3. The van der Waals surface area contributed by atoms with Crippen LogP contribution in [-0.4, -0.2) is 20.6 Å². The van der Waals surface area contributed by atoms with Crippen molar-refractivity contribution in [2.45, 2.75) is 12.7 Å². The van der Waals surface area contributed by atoms with E-state index in [2.05, 4.69) is 0 Å². The zero-order chi connectivity index (χ0) is 12.5. The maximum Gasteiger partial charge on any atom is 0.236 e. The number of phenolic OH excluding ortho intramolecular Hbond substituents is 1. The van der Waals surface area contributed by atoms with E-state index in [1.54, 1.807) is 6.92 Å². The van der Waals surface area contributed by atoms with Gasteiger partial charge in [0.05, 0.1) is 12.9 Å². The van der Waals surface area contributed by atoms with E-state index >= 15 is 0 Å². The number of phenols is 1. The summed E-state index contributed by atoms with van der Waals surface area (Å²) in [5, 5.41) is 9.80. The molecule has 0 bridgehead atoms. The van der Waals surface area contributed by atoms with Crippen LogP contribution in [0.2, 0.25) is 5.02 Å². The maximum atomic E-state index is 11.0. The Morgan fingerprint density at radius 2 is 2.06 bits per heavy atom. The van der Waals surface area contributed by atoms with Crippen LogP contribution in [0.5, 0.6) is 11.5 Å². The Kier molecular flexibility index (Phi) is 3.93. The van der Waals surface area contributed by atoms with Crippen molar-refractivity contribution in [2.24, 2.45) is 0 Å². The Labute approximate surface area is 103 Å². The van der Waals surface area contributed by atoms with E-state index in [0.29, 0.717) is 5.56 Å². The molecule has 1 rings (SSSR count). The van der Waals surface area contributed by atoms with E-state index < -0.39 is 14.8 Å². The molecule has 0 aliphatic rings. The third kappa shape index (κ3) is 2.93. The first-order chi connectivity index (χ1) is 7.26. The molecule has 4 nitrogen and oxygen atoms in total. The molecule has 1 aromatic carbocycles. The van der Waals surface area contributed by atoms with Gasteiger partial charge in [0.25, 0.3) is 0 Å². The fourth-order valence-electron chi connectivity index (χ4n) is 1.34. The summed E-state index contributed by atoms with van der Waals surface area (Å²) in [6.45, 7) is 1.63. The van der Waals surface area contributed by atoms with Crippen LogP contribution in [0.1, 0.15) is 11.1 Å². The number of methoxy groups -OCH3 is 1. The van der Waals surface area contributed by atoms with Crippen molar-refractivity contribution in [3.8, 4) is 11.5 Å². The molecule has 1 aromatic rings. The molecule has 0 saturated carbocycles. The Morgan fingerprint density at radius 3 is 2.50 bits per heavy atom. The molecule has 0 amide bonds. The molecule has 16 heavy (non-hydrogen) atoms. The summed E-state index contributed by atoms with van der Waals surface area (Å²) in [6, 6.07) is 1.29. The zero-order valence-corrected chi connectivity index (χ0v) is 10.9. The van der Waals surface area contributed by atoms with Crippen molar-refractivity contribution >= 4 is 31.3 Å². The summed E-state index contributed by atoms with van der Waals surface area (Å²) in [4.78, 5) is 0. The van der Waals surface area contributed by atoms with Gasteiger partial charge in [-0.15, -0.1) is 0 Å². The van der Waals surface area contributed by atoms with Crippen LogP contribution in [0.25, 0.3) is 0 Å². The van der Waals surface area contributed by atoms with Gasteiger partial charge in [-0.05, 0) is 12.5 Å². The highest BCUT2D eigenvalue weighted by molar-refractivity contribution is 8.13. The lowest BCUT2D eigenvalue weighted by atomic mass is 10.1.